The minimum absolute atomic E-state index is 0.175. The number of amides is 2. The highest BCUT2D eigenvalue weighted by molar-refractivity contribution is 6.31. The quantitative estimate of drug-likeness (QED) is 0.806. The van der Waals surface area contributed by atoms with E-state index >= 15 is 0 Å². The fourth-order valence-corrected chi connectivity index (χ4v) is 1.58. The van der Waals surface area contributed by atoms with Crippen LogP contribution in [0.4, 0.5) is 5.69 Å². The minimum atomic E-state index is -0.339. The molecule has 0 aliphatic carbocycles. The van der Waals surface area contributed by atoms with E-state index in [1.54, 1.807) is 18.2 Å². The average Bonchev–Trinajstić information content (AvgIpc) is 2.32. The van der Waals surface area contributed by atoms with Crippen LogP contribution in [0.15, 0.2) is 18.2 Å². The van der Waals surface area contributed by atoms with E-state index in [0.29, 0.717) is 17.3 Å². The number of carbonyl (C=O) groups excluding carboxylic acids is 2. The SMILES string of the molecule is CCCNC(=O)CC(=O)Nc1cccc(Cl)c1C. The first-order valence-corrected chi connectivity index (χ1v) is 6.24. The molecule has 0 aromatic heterocycles. The first-order valence-electron chi connectivity index (χ1n) is 5.86. The Morgan fingerprint density at radius 3 is 2.67 bits per heavy atom. The normalized spacial score (nSPS) is 9.94. The van der Waals surface area contributed by atoms with Crippen molar-refractivity contribution in [1.29, 1.82) is 0 Å². The zero-order valence-corrected chi connectivity index (χ0v) is 11.3. The van der Waals surface area contributed by atoms with E-state index in [2.05, 4.69) is 10.6 Å². The monoisotopic (exact) mass is 268 g/mol. The van der Waals surface area contributed by atoms with Crippen molar-refractivity contribution in [3.8, 4) is 0 Å². The molecule has 2 amide bonds. The summed E-state index contributed by atoms with van der Waals surface area (Å²) in [6.45, 7) is 4.35. The molecule has 1 rings (SSSR count). The summed E-state index contributed by atoms with van der Waals surface area (Å²) in [6.07, 6.45) is 0.673. The molecule has 2 N–H and O–H groups in total. The van der Waals surface area contributed by atoms with Gasteiger partial charge in [0.05, 0.1) is 0 Å². The molecule has 0 aliphatic rings. The van der Waals surface area contributed by atoms with E-state index in [1.807, 2.05) is 13.8 Å². The van der Waals surface area contributed by atoms with Crippen LogP contribution in [0.5, 0.6) is 0 Å². The summed E-state index contributed by atoms with van der Waals surface area (Å²) in [5, 5.41) is 5.91. The summed E-state index contributed by atoms with van der Waals surface area (Å²) in [5.74, 6) is -0.608. The number of carbonyl (C=O) groups is 2. The molecular weight excluding hydrogens is 252 g/mol. The molecule has 0 spiro atoms. The maximum absolute atomic E-state index is 11.6. The summed E-state index contributed by atoms with van der Waals surface area (Å²) < 4.78 is 0. The van der Waals surface area contributed by atoms with Gasteiger partial charge in [-0.05, 0) is 31.0 Å². The predicted octanol–water partition coefficient (Wildman–Crippen LogP) is 2.50. The van der Waals surface area contributed by atoms with Crippen LogP contribution in [0.2, 0.25) is 5.02 Å². The van der Waals surface area contributed by atoms with Gasteiger partial charge in [-0.3, -0.25) is 9.59 Å². The number of halogens is 1. The Hall–Kier alpha value is -1.55. The van der Waals surface area contributed by atoms with Gasteiger partial charge in [-0.15, -0.1) is 0 Å². The molecule has 0 heterocycles. The number of benzene rings is 1. The van der Waals surface area contributed by atoms with E-state index in [0.717, 1.165) is 12.0 Å². The van der Waals surface area contributed by atoms with Crippen molar-refractivity contribution in [2.75, 3.05) is 11.9 Å². The molecule has 0 saturated carbocycles. The molecule has 18 heavy (non-hydrogen) atoms. The molecule has 1 aromatic carbocycles. The topological polar surface area (TPSA) is 58.2 Å². The van der Waals surface area contributed by atoms with Crippen LogP contribution in [-0.2, 0) is 9.59 Å². The van der Waals surface area contributed by atoms with Crippen molar-refractivity contribution in [2.24, 2.45) is 0 Å². The number of hydrogen-bond acceptors (Lipinski definition) is 2. The van der Waals surface area contributed by atoms with Gasteiger partial charge in [0.25, 0.3) is 0 Å². The molecule has 4 nitrogen and oxygen atoms in total. The fourth-order valence-electron chi connectivity index (χ4n) is 1.41. The van der Waals surface area contributed by atoms with E-state index < -0.39 is 0 Å². The molecule has 0 fully saturated rings. The van der Waals surface area contributed by atoms with Gasteiger partial charge in [-0.25, -0.2) is 0 Å². The number of hydrogen-bond donors (Lipinski definition) is 2. The number of rotatable bonds is 5. The van der Waals surface area contributed by atoms with Crippen molar-refractivity contribution in [3.63, 3.8) is 0 Å². The van der Waals surface area contributed by atoms with E-state index in [4.69, 9.17) is 11.6 Å². The Labute approximate surface area is 112 Å². The van der Waals surface area contributed by atoms with E-state index in [-0.39, 0.29) is 18.2 Å². The Morgan fingerprint density at radius 2 is 2.00 bits per heavy atom. The molecule has 0 saturated heterocycles. The summed E-state index contributed by atoms with van der Waals surface area (Å²) in [5.41, 5.74) is 1.43. The molecule has 0 atom stereocenters. The summed E-state index contributed by atoms with van der Waals surface area (Å²) >= 11 is 5.94. The van der Waals surface area contributed by atoms with Crippen LogP contribution in [0, 0.1) is 6.92 Å². The first kappa shape index (κ1) is 14.5. The lowest BCUT2D eigenvalue weighted by Crippen LogP contribution is -2.28. The largest absolute Gasteiger partial charge is 0.356 e. The van der Waals surface area contributed by atoms with Crippen LogP contribution in [0.25, 0.3) is 0 Å². The third-order valence-corrected chi connectivity index (χ3v) is 2.84. The van der Waals surface area contributed by atoms with Gasteiger partial charge < -0.3 is 10.6 Å². The maximum atomic E-state index is 11.6. The third-order valence-electron chi connectivity index (χ3n) is 2.44. The Kier molecular flexibility index (Phi) is 5.65. The second-order valence-corrected chi connectivity index (χ2v) is 4.39. The zero-order valence-electron chi connectivity index (χ0n) is 10.5. The highest BCUT2D eigenvalue weighted by Crippen LogP contribution is 2.22. The molecule has 1 aromatic rings. The zero-order chi connectivity index (χ0) is 13.5. The Morgan fingerprint density at radius 1 is 1.28 bits per heavy atom. The molecular formula is C13H17ClN2O2. The minimum Gasteiger partial charge on any atom is -0.356 e. The first-order chi connectivity index (χ1) is 8.54. The van der Waals surface area contributed by atoms with Gasteiger partial charge in [0, 0.05) is 17.3 Å². The van der Waals surface area contributed by atoms with Gasteiger partial charge in [-0.1, -0.05) is 24.6 Å². The van der Waals surface area contributed by atoms with Crippen molar-refractivity contribution in [3.05, 3.63) is 28.8 Å². The van der Waals surface area contributed by atoms with Crippen LogP contribution in [-0.4, -0.2) is 18.4 Å². The molecule has 98 valence electrons. The van der Waals surface area contributed by atoms with Crippen LogP contribution in [0.3, 0.4) is 0 Å². The van der Waals surface area contributed by atoms with Crippen LogP contribution >= 0.6 is 11.6 Å². The van der Waals surface area contributed by atoms with Gasteiger partial charge in [-0.2, -0.15) is 0 Å². The standard InChI is InChI=1S/C13H17ClN2O2/c1-3-7-15-12(17)8-13(18)16-11-6-4-5-10(14)9(11)2/h4-6H,3,7-8H2,1-2H3,(H,15,17)(H,16,18). The molecule has 0 aliphatic heterocycles. The molecule has 0 unspecified atom stereocenters. The average molecular weight is 269 g/mol. The number of anilines is 1. The molecule has 5 heteroatoms. The number of nitrogens with one attached hydrogen (secondary N) is 2. The smallest absolute Gasteiger partial charge is 0.233 e. The lowest BCUT2D eigenvalue weighted by atomic mass is 10.2. The van der Waals surface area contributed by atoms with Gasteiger partial charge in [0.2, 0.25) is 11.8 Å². The lowest BCUT2D eigenvalue weighted by Gasteiger charge is -2.09. The van der Waals surface area contributed by atoms with Crippen molar-refractivity contribution in [2.45, 2.75) is 26.7 Å². The summed E-state index contributed by atoms with van der Waals surface area (Å²) in [4.78, 5) is 23.0. The van der Waals surface area contributed by atoms with Gasteiger partial charge in [0.15, 0.2) is 0 Å². The van der Waals surface area contributed by atoms with Crippen molar-refractivity contribution in [1.82, 2.24) is 5.32 Å². The van der Waals surface area contributed by atoms with Gasteiger partial charge in [0.1, 0.15) is 6.42 Å². The van der Waals surface area contributed by atoms with E-state index in [9.17, 15) is 9.59 Å². The Balaban J connectivity index is 2.54. The van der Waals surface area contributed by atoms with Crippen molar-refractivity contribution < 1.29 is 9.59 Å². The molecule has 0 radical (unpaired) electrons. The van der Waals surface area contributed by atoms with Crippen molar-refractivity contribution >= 4 is 29.1 Å². The Bertz CT molecular complexity index is 447. The maximum Gasteiger partial charge on any atom is 0.233 e. The van der Waals surface area contributed by atoms with E-state index in [1.165, 1.54) is 0 Å². The van der Waals surface area contributed by atoms with Crippen LogP contribution < -0.4 is 10.6 Å². The summed E-state index contributed by atoms with van der Waals surface area (Å²) in [6, 6.07) is 5.26. The van der Waals surface area contributed by atoms with Crippen LogP contribution in [0.1, 0.15) is 25.3 Å². The molecule has 0 bridgehead atoms. The second-order valence-electron chi connectivity index (χ2n) is 3.99. The fraction of sp³-hybridized carbons (Fsp3) is 0.385. The highest BCUT2D eigenvalue weighted by Gasteiger charge is 2.10. The predicted molar refractivity (Wildman–Crippen MR) is 72.7 cm³/mol. The van der Waals surface area contributed by atoms with Gasteiger partial charge >= 0.3 is 0 Å². The third kappa shape index (κ3) is 4.37. The highest BCUT2D eigenvalue weighted by atomic mass is 35.5. The summed E-state index contributed by atoms with van der Waals surface area (Å²) in [7, 11) is 0. The lowest BCUT2D eigenvalue weighted by molar-refractivity contribution is -0.126. The second kappa shape index (κ2) is 7.01.